The number of piperidine rings is 1. The van der Waals surface area contributed by atoms with Crippen LogP contribution in [0.4, 0.5) is 4.79 Å². The van der Waals surface area contributed by atoms with Crippen LogP contribution in [0.5, 0.6) is 0 Å². The number of carbonyl (C=O) groups excluding carboxylic acids is 1. The van der Waals surface area contributed by atoms with Gasteiger partial charge in [-0.15, -0.1) is 0 Å². The van der Waals surface area contributed by atoms with E-state index in [1.807, 2.05) is 27.7 Å². The fourth-order valence-corrected chi connectivity index (χ4v) is 5.41. The molecule has 2 fully saturated rings. The molecule has 0 aromatic heterocycles. The van der Waals surface area contributed by atoms with E-state index in [1.54, 1.807) is 4.90 Å². The zero-order valence-corrected chi connectivity index (χ0v) is 15.5. The molecule has 1 amide bonds. The molecule has 2 aliphatic heterocycles. The minimum Gasteiger partial charge on any atom is -0.444 e. The van der Waals surface area contributed by atoms with E-state index in [0.29, 0.717) is 19.5 Å². The molecule has 0 bridgehead atoms. The minimum atomic E-state index is -2.93. The van der Waals surface area contributed by atoms with Crippen LogP contribution in [0.25, 0.3) is 0 Å². The molecule has 2 rings (SSSR count). The fourth-order valence-electron chi connectivity index (χ4n) is 3.29. The number of sulfone groups is 1. The average Bonchev–Trinajstić information content (AvgIpc) is 2.69. The summed E-state index contributed by atoms with van der Waals surface area (Å²) in [6.45, 7) is 8.88. The van der Waals surface area contributed by atoms with Crippen LogP contribution in [0.2, 0.25) is 0 Å². The number of nitrogens with one attached hydrogen (secondary N) is 1. The summed E-state index contributed by atoms with van der Waals surface area (Å²) in [5.74, 6) is 0.427. The number of nitrogens with zero attached hydrogens (tertiary/aromatic N) is 1. The largest absolute Gasteiger partial charge is 0.444 e. The maximum atomic E-state index is 12.4. The maximum absolute atomic E-state index is 12.4. The van der Waals surface area contributed by atoms with Gasteiger partial charge in [0, 0.05) is 24.7 Å². The van der Waals surface area contributed by atoms with Gasteiger partial charge < -0.3 is 15.0 Å². The van der Waals surface area contributed by atoms with E-state index in [0.717, 1.165) is 19.3 Å². The van der Waals surface area contributed by atoms with Gasteiger partial charge >= 0.3 is 6.09 Å². The molecule has 0 saturated carbocycles. The number of rotatable bonds is 3. The lowest BCUT2D eigenvalue weighted by molar-refractivity contribution is 0.00921. The van der Waals surface area contributed by atoms with E-state index < -0.39 is 15.4 Å². The van der Waals surface area contributed by atoms with Crippen LogP contribution >= 0.6 is 0 Å². The van der Waals surface area contributed by atoms with Crippen molar-refractivity contribution < 1.29 is 17.9 Å². The van der Waals surface area contributed by atoms with Crippen molar-refractivity contribution in [2.24, 2.45) is 0 Å². The van der Waals surface area contributed by atoms with Gasteiger partial charge in [0.25, 0.3) is 0 Å². The number of amides is 1. The van der Waals surface area contributed by atoms with Gasteiger partial charge in [-0.2, -0.15) is 0 Å². The fraction of sp³-hybridized carbons (Fsp3) is 0.938. The van der Waals surface area contributed by atoms with E-state index in [9.17, 15) is 13.2 Å². The molecule has 2 heterocycles. The molecule has 23 heavy (non-hydrogen) atoms. The Bertz CT molecular complexity index is 541. The van der Waals surface area contributed by atoms with Crippen LogP contribution in [-0.4, -0.2) is 61.2 Å². The third kappa shape index (κ3) is 5.35. The van der Waals surface area contributed by atoms with Crippen molar-refractivity contribution in [2.45, 2.75) is 70.6 Å². The lowest BCUT2D eigenvalue weighted by Gasteiger charge is -2.38. The molecule has 134 valence electrons. The Morgan fingerprint density at radius 2 is 2.04 bits per heavy atom. The Hall–Kier alpha value is -0.820. The van der Waals surface area contributed by atoms with Crippen molar-refractivity contribution >= 4 is 15.9 Å². The summed E-state index contributed by atoms with van der Waals surface area (Å²) in [6, 6.07) is 0.0683. The molecule has 1 N–H and O–H groups in total. The topological polar surface area (TPSA) is 75.7 Å². The summed E-state index contributed by atoms with van der Waals surface area (Å²) < 4.78 is 28.9. The summed E-state index contributed by atoms with van der Waals surface area (Å²) in [5.41, 5.74) is -0.881. The van der Waals surface area contributed by atoms with Crippen molar-refractivity contribution in [3.05, 3.63) is 0 Å². The number of carbonyl (C=O) groups is 1. The summed E-state index contributed by atoms with van der Waals surface area (Å²) in [6.07, 6.45) is 3.36. The number of likely N-dealkylation sites (tertiary alicyclic amines) is 1. The van der Waals surface area contributed by atoms with Crippen LogP contribution in [0, 0.1) is 0 Å². The van der Waals surface area contributed by atoms with Gasteiger partial charge in [0.15, 0.2) is 9.84 Å². The van der Waals surface area contributed by atoms with Gasteiger partial charge in [-0.1, -0.05) is 0 Å². The Kier molecular flexibility index (Phi) is 5.31. The predicted molar refractivity (Wildman–Crippen MR) is 90.3 cm³/mol. The normalized spacial score (nSPS) is 31.1. The molecule has 2 aliphatic rings. The SMILES string of the molecule is CC1(NCC2CCCCN2C(=O)OC(C)(C)C)CCS(=O)(=O)C1. The van der Waals surface area contributed by atoms with Crippen LogP contribution in [0.3, 0.4) is 0 Å². The summed E-state index contributed by atoms with van der Waals surface area (Å²) in [4.78, 5) is 14.2. The smallest absolute Gasteiger partial charge is 0.410 e. The zero-order valence-electron chi connectivity index (χ0n) is 14.7. The summed E-state index contributed by atoms with van der Waals surface area (Å²) >= 11 is 0. The molecular weight excluding hydrogens is 316 g/mol. The van der Waals surface area contributed by atoms with Crippen molar-refractivity contribution in [2.75, 3.05) is 24.6 Å². The molecule has 0 aliphatic carbocycles. The molecule has 0 spiro atoms. The highest BCUT2D eigenvalue weighted by Crippen LogP contribution is 2.25. The van der Waals surface area contributed by atoms with E-state index in [2.05, 4.69) is 5.32 Å². The highest BCUT2D eigenvalue weighted by atomic mass is 32.2. The van der Waals surface area contributed by atoms with Gasteiger partial charge in [-0.3, -0.25) is 0 Å². The molecule has 6 nitrogen and oxygen atoms in total. The predicted octanol–water partition coefficient (Wildman–Crippen LogP) is 1.94. The van der Waals surface area contributed by atoms with E-state index >= 15 is 0 Å². The van der Waals surface area contributed by atoms with Gasteiger partial charge in [-0.25, -0.2) is 13.2 Å². The summed E-state index contributed by atoms with van der Waals surface area (Å²) in [5, 5.41) is 3.40. The van der Waals surface area contributed by atoms with E-state index in [-0.39, 0.29) is 29.2 Å². The van der Waals surface area contributed by atoms with Gasteiger partial charge in [-0.05, 0) is 53.4 Å². The van der Waals surface area contributed by atoms with Crippen molar-refractivity contribution in [3.63, 3.8) is 0 Å². The van der Waals surface area contributed by atoms with Gasteiger partial charge in [0.2, 0.25) is 0 Å². The van der Waals surface area contributed by atoms with E-state index in [1.165, 1.54) is 0 Å². The lowest BCUT2D eigenvalue weighted by Crippen LogP contribution is -2.54. The standard InChI is InChI=1S/C16H30N2O4S/c1-15(2,3)22-14(19)18-9-6-5-7-13(18)11-17-16(4)8-10-23(20,21)12-16/h13,17H,5-12H2,1-4H3. The molecule has 2 unspecified atom stereocenters. The number of hydrogen-bond donors (Lipinski definition) is 1. The van der Waals surface area contributed by atoms with Crippen molar-refractivity contribution in [3.8, 4) is 0 Å². The number of hydrogen-bond acceptors (Lipinski definition) is 5. The molecule has 0 aromatic carbocycles. The molecule has 0 radical (unpaired) electrons. The molecular formula is C16H30N2O4S. The Morgan fingerprint density at radius 1 is 1.35 bits per heavy atom. The van der Waals surface area contributed by atoms with Crippen LogP contribution in [-0.2, 0) is 14.6 Å². The Balaban J connectivity index is 1.95. The minimum absolute atomic E-state index is 0.0683. The Morgan fingerprint density at radius 3 is 2.61 bits per heavy atom. The first-order valence-electron chi connectivity index (χ1n) is 8.45. The Labute approximate surface area is 139 Å². The second kappa shape index (κ2) is 6.59. The first kappa shape index (κ1) is 18.5. The average molecular weight is 346 g/mol. The third-order valence-corrected chi connectivity index (χ3v) is 6.43. The van der Waals surface area contributed by atoms with Crippen LogP contribution in [0.1, 0.15) is 53.4 Å². The van der Waals surface area contributed by atoms with Crippen molar-refractivity contribution in [1.82, 2.24) is 10.2 Å². The monoisotopic (exact) mass is 346 g/mol. The van der Waals surface area contributed by atoms with Crippen molar-refractivity contribution in [1.29, 1.82) is 0 Å². The van der Waals surface area contributed by atoms with E-state index in [4.69, 9.17) is 4.74 Å². The highest BCUT2D eigenvalue weighted by Gasteiger charge is 2.39. The quantitative estimate of drug-likeness (QED) is 0.845. The number of ether oxygens (including phenoxy) is 1. The second-order valence-electron chi connectivity index (χ2n) is 8.11. The van der Waals surface area contributed by atoms with Crippen LogP contribution in [0.15, 0.2) is 0 Å². The van der Waals surface area contributed by atoms with Crippen LogP contribution < -0.4 is 5.32 Å². The maximum Gasteiger partial charge on any atom is 0.410 e. The molecule has 0 aromatic rings. The lowest BCUT2D eigenvalue weighted by atomic mass is 9.98. The molecule has 2 atom stereocenters. The molecule has 2 saturated heterocycles. The molecule has 7 heteroatoms. The van der Waals surface area contributed by atoms with Gasteiger partial charge in [0.1, 0.15) is 5.60 Å². The second-order valence-corrected chi connectivity index (χ2v) is 10.3. The zero-order chi connectivity index (χ0) is 17.3. The first-order valence-corrected chi connectivity index (χ1v) is 10.3. The highest BCUT2D eigenvalue weighted by molar-refractivity contribution is 7.91. The van der Waals surface area contributed by atoms with Gasteiger partial charge in [0.05, 0.1) is 11.5 Å². The summed E-state index contributed by atoms with van der Waals surface area (Å²) in [7, 11) is -2.93. The first-order chi connectivity index (χ1) is 10.5. The third-order valence-electron chi connectivity index (χ3n) is 4.52.